The smallest absolute Gasteiger partial charge is 0.288 e. The van der Waals surface area contributed by atoms with Gasteiger partial charge in [0.25, 0.3) is 11.7 Å². The number of nitrogens with one attached hydrogen (secondary N) is 2. The van der Waals surface area contributed by atoms with E-state index < -0.39 is 11.7 Å². The van der Waals surface area contributed by atoms with Crippen LogP contribution in [0.3, 0.4) is 0 Å². The number of thioether (sulfide) groups is 1. The summed E-state index contributed by atoms with van der Waals surface area (Å²) in [7, 11) is 1.46. The van der Waals surface area contributed by atoms with Crippen LogP contribution in [-0.4, -0.2) is 24.7 Å². The lowest BCUT2D eigenvalue weighted by Crippen LogP contribution is -2.13. The molecular weight excluding hydrogens is 350 g/mol. The summed E-state index contributed by atoms with van der Waals surface area (Å²) in [5, 5.41) is 5.30. The standard InChI is InChI=1S/C17H16F2N2O3S/c1-10(22)20-12-5-8-15(24-2)14(9-12)21-16(23)11-3-6-13(7-4-11)25-17(18)19/h3-9,17H,1-2H3,(H,20,22)(H,21,23). The summed E-state index contributed by atoms with van der Waals surface area (Å²) in [5.41, 5.74) is 1.20. The Bertz CT molecular complexity index is 767. The Hall–Kier alpha value is -2.61. The Kier molecular flexibility index (Phi) is 6.35. The number of benzene rings is 2. The highest BCUT2D eigenvalue weighted by atomic mass is 32.2. The fourth-order valence-electron chi connectivity index (χ4n) is 2.07. The van der Waals surface area contributed by atoms with Crippen molar-refractivity contribution in [2.75, 3.05) is 17.7 Å². The summed E-state index contributed by atoms with van der Waals surface area (Å²) in [5.74, 6) is -2.76. The molecule has 0 fully saturated rings. The predicted octanol–water partition coefficient (Wildman–Crippen LogP) is 4.22. The fourth-order valence-corrected chi connectivity index (χ4v) is 2.57. The third-order valence-electron chi connectivity index (χ3n) is 3.11. The van der Waals surface area contributed by atoms with Gasteiger partial charge < -0.3 is 15.4 Å². The van der Waals surface area contributed by atoms with Gasteiger partial charge in [-0.1, -0.05) is 11.8 Å². The molecule has 0 radical (unpaired) electrons. The number of anilines is 2. The topological polar surface area (TPSA) is 67.4 Å². The average molecular weight is 366 g/mol. The number of amides is 2. The van der Waals surface area contributed by atoms with Gasteiger partial charge in [-0.25, -0.2) is 0 Å². The molecule has 0 bridgehead atoms. The largest absolute Gasteiger partial charge is 0.495 e. The Morgan fingerprint density at radius 1 is 1.08 bits per heavy atom. The van der Waals surface area contributed by atoms with E-state index >= 15 is 0 Å². The molecule has 0 aliphatic rings. The maximum Gasteiger partial charge on any atom is 0.288 e. The number of methoxy groups -OCH3 is 1. The Balaban J connectivity index is 2.17. The zero-order chi connectivity index (χ0) is 18.4. The van der Waals surface area contributed by atoms with Gasteiger partial charge in [0.2, 0.25) is 5.91 Å². The van der Waals surface area contributed by atoms with Gasteiger partial charge >= 0.3 is 0 Å². The third kappa shape index (κ3) is 5.46. The summed E-state index contributed by atoms with van der Waals surface area (Å²) in [4.78, 5) is 23.9. The van der Waals surface area contributed by atoms with Crippen LogP contribution in [0, 0.1) is 0 Å². The van der Waals surface area contributed by atoms with Crippen LogP contribution < -0.4 is 15.4 Å². The molecule has 2 rings (SSSR count). The van der Waals surface area contributed by atoms with Crippen molar-refractivity contribution in [1.82, 2.24) is 0 Å². The first-order valence-corrected chi connectivity index (χ1v) is 8.09. The van der Waals surface area contributed by atoms with Gasteiger partial charge in [0.05, 0.1) is 12.8 Å². The minimum Gasteiger partial charge on any atom is -0.495 e. The van der Waals surface area contributed by atoms with Gasteiger partial charge in [0.15, 0.2) is 0 Å². The molecule has 2 aromatic rings. The average Bonchev–Trinajstić information content (AvgIpc) is 2.54. The highest BCUT2D eigenvalue weighted by Gasteiger charge is 2.12. The Labute approximate surface area is 147 Å². The molecule has 0 heterocycles. The number of halogens is 2. The maximum absolute atomic E-state index is 12.3. The molecule has 0 atom stereocenters. The molecule has 2 N–H and O–H groups in total. The SMILES string of the molecule is COc1ccc(NC(C)=O)cc1NC(=O)c1ccc(SC(F)F)cc1. The van der Waals surface area contributed by atoms with E-state index in [1.54, 1.807) is 18.2 Å². The van der Waals surface area contributed by atoms with Crippen molar-refractivity contribution >= 4 is 35.0 Å². The number of carbonyl (C=O) groups excluding carboxylic acids is 2. The number of carbonyl (C=O) groups is 2. The molecule has 0 aliphatic heterocycles. The lowest BCUT2D eigenvalue weighted by atomic mass is 10.2. The van der Waals surface area contributed by atoms with Crippen LogP contribution in [0.5, 0.6) is 5.75 Å². The molecule has 2 amide bonds. The zero-order valence-corrected chi connectivity index (χ0v) is 14.3. The van der Waals surface area contributed by atoms with E-state index in [0.29, 0.717) is 39.3 Å². The summed E-state index contributed by atoms with van der Waals surface area (Å²) < 4.78 is 29.8. The number of hydrogen-bond donors (Lipinski definition) is 2. The van der Waals surface area contributed by atoms with Gasteiger partial charge in [-0.3, -0.25) is 9.59 Å². The minimum absolute atomic E-state index is 0.241. The first-order valence-electron chi connectivity index (χ1n) is 7.21. The Morgan fingerprint density at radius 3 is 2.32 bits per heavy atom. The minimum atomic E-state index is -2.51. The van der Waals surface area contributed by atoms with Crippen LogP contribution in [0.1, 0.15) is 17.3 Å². The molecule has 0 unspecified atom stereocenters. The van der Waals surface area contributed by atoms with Crippen molar-refractivity contribution in [2.45, 2.75) is 17.6 Å². The van der Waals surface area contributed by atoms with E-state index in [2.05, 4.69) is 10.6 Å². The molecule has 0 spiro atoms. The maximum atomic E-state index is 12.3. The first kappa shape index (κ1) is 18.7. The van der Waals surface area contributed by atoms with Gasteiger partial charge in [-0.15, -0.1) is 0 Å². The van der Waals surface area contributed by atoms with E-state index in [9.17, 15) is 18.4 Å². The third-order valence-corrected chi connectivity index (χ3v) is 3.83. The molecule has 0 saturated heterocycles. The molecule has 132 valence electrons. The van der Waals surface area contributed by atoms with Crippen molar-refractivity contribution in [3.8, 4) is 5.75 Å². The quantitative estimate of drug-likeness (QED) is 0.751. The van der Waals surface area contributed by atoms with Gasteiger partial charge in [-0.2, -0.15) is 8.78 Å². The number of hydrogen-bond acceptors (Lipinski definition) is 4. The van der Waals surface area contributed by atoms with Crippen molar-refractivity contribution in [2.24, 2.45) is 0 Å². The van der Waals surface area contributed by atoms with Crippen molar-refractivity contribution in [3.05, 3.63) is 48.0 Å². The second-order valence-electron chi connectivity index (χ2n) is 4.95. The summed E-state index contributed by atoms with van der Waals surface area (Å²) in [6, 6.07) is 10.7. The molecular formula is C17H16F2N2O3S. The fraction of sp³-hybridized carbons (Fsp3) is 0.176. The summed E-state index contributed by atoms with van der Waals surface area (Å²) in [6.07, 6.45) is 0. The van der Waals surface area contributed by atoms with E-state index in [1.807, 2.05) is 0 Å². The van der Waals surface area contributed by atoms with Crippen molar-refractivity contribution in [3.63, 3.8) is 0 Å². The molecule has 5 nitrogen and oxygen atoms in total. The number of alkyl halides is 2. The van der Waals surface area contributed by atoms with Crippen LogP contribution in [0.15, 0.2) is 47.4 Å². The second kappa shape index (κ2) is 8.48. The number of rotatable bonds is 6. The van der Waals surface area contributed by atoms with Gasteiger partial charge in [0, 0.05) is 23.1 Å². The summed E-state index contributed by atoms with van der Waals surface area (Å²) in [6.45, 7) is 1.38. The lowest BCUT2D eigenvalue weighted by Gasteiger charge is -2.12. The molecule has 2 aromatic carbocycles. The van der Waals surface area contributed by atoms with Crippen LogP contribution in [0.2, 0.25) is 0 Å². The highest BCUT2D eigenvalue weighted by molar-refractivity contribution is 7.99. The summed E-state index contributed by atoms with van der Waals surface area (Å²) >= 11 is 0.411. The van der Waals surface area contributed by atoms with Gasteiger partial charge in [0.1, 0.15) is 5.75 Å². The molecule has 25 heavy (non-hydrogen) atoms. The monoisotopic (exact) mass is 366 g/mol. The van der Waals surface area contributed by atoms with E-state index in [1.165, 1.54) is 38.3 Å². The normalized spacial score (nSPS) is 10.4. The highest BCUT2D eigenvalue weighted by Crippen LogP contribution is 2.29. The van der Waals surface area contributed by atoms with Crippen LogP contribution in [-0.2, 0) is 4.79 Å². The van der Waals surface area contributed by atoms with E-state index in [4.69, 9.17) is 4.74 Å². The van der Waals surface area contributed by atoms with E-state index in [-0.39, 0.29) is 5.91 Å². The zero-order valence-electron chi connectivity index (χ0n) is 13.5. The Morgan fingerprint density at radius 2 is 1.76 bits per heavy atom. The van der Waals surface area contributed by atoms with Crippen LogP contribution in [0.4, 0.5) is 20.2 Å². The molecule has 0 aliphatic carbocycles. The predicted molar refractivity (Wildman–Crippen MR) is 93.6 cm³/mol. The molecule has 8 heteroatoms. The van der Waals surface area contributed by atoms with Crippen molar-refractivity contribution < 1.29 is 23.1 Å². The molecule has 0 saturated carbocycles. The molecule has 0 aromatic heterocycles. The second-order valence-corrected chi connectivity index (χ2v) is 6.02. The lowest BCUT2D eigenvalue weighted by molar-refractivity contribution is -0.114. The van der Waals surface area contributed by atoms with Crippen LogP contribution >= 0.6 is 11.8 Å². The van der Waals surface area contributed by atoms with E-state index in [0.717, 1.165) is 0 Å². The first-order chi connectivity index (χ1) is 11.9. The number of ether oxygens (including phenoxy) is 1. The van der Waals surface area contributed by atoms with Crippen molar-refractivity contribution in [1.29, 1.82) is 0 Å². The van der Waals surface area contributed by atoms with Crippen LogP contribution in [0.25, 0.3) is 0 Å². The van der Waals surface area contributed by atoms with Gasteiger partial charge in [-0.05, 0) is 42.5 Å².